The minimum Gasteiger partial charge on any atom is -0.479 e. The molecule has 1 amide bonds. The maximum Gasteiger partial charge on any atom is 0.335 e. The molecule has 43 heavy (non-hydrogen) atoms. The van der Waals surface area contributed by atoms with Crippen molar-refractivity contribution in [3.8, 4) is 0 Å². The number of hydrogen-bond donors (Lipinski definition) is 5. The number of aliphatic hydroxyl groups is 4. The zero-order valence-electron chi connectivity index (χ0n) is 23.3. The van der Waals surface area contributed by atoms with E-state index < -0.39 is 48.7 Å². The molecule has 5 N–H and O–H groups in total. The number of thiophene rings is 1. The number of likely N-dealkylation sites (tertiary alicyclic amines) is 1. The van der Waals surface area contributed by atoms with Crippen molar-refractivity contribution in [2.45, 2.75) is 87.8 Å². The Morgan fingerprint density at radius 3 is 2.67 bits per heavy atom. The number of carboxylic acid groups (broad SMARTS) is 1. The number of ether oxygens (including phenoxy) is 2. The summed E-state index contributed by atoms with van der Waals surface area (Å²) in [5.41, 5.74) is 0. The highest BCUT2D eigenvalue weighted by molar-refractivity contribution is 7.19. The molecule has 2 aliphatic heterocycles. The Labute approximate surface area is 257 Å². The molecule has 7 atom stereocenters. The summed E-state index contributed by atoms with van der Waals surface area (Å²) >= 11 is 8.14. The van der Waals surface area contributed by atoms with Crippen LogP contribution in [0.25, 0.3) is 10.1 Å². The van der Waals surface area contributed by atoms with Crippen LogP contribution in [0.3, 0.4) is 0 Å². The molecule has 0 saturated carbocycles. The topological polar surface area (TPSA) is 174 Å². The Balaban J connectivity index is 1.17. The van der Waals surface area contributed by atoms with Crippen molar-refractivity contribution >= 4 is 50.9 Å². The molecule has 2 unspecified atom stereocenters. The quantitative estimate of drug-likeness (QED) is 0.125. The predicted molar refractivity (Wildman–Crippen MR) is 158 cm³/mol. The van der Waals surface area contributed by atoms with Crippen molar-refractivity contribution in [1.29, 1.82) is 0 Å². The first kappa shape index (κ1) is 33.1. The molecule has 0 radical (unpaired) electrons. The number of amides is 1. The SMILES string of the molecule is O=C(CCC/C=C\CN1C(=O)CC[C@@H]1/C=C/C(O)CCc1sc2ccccc2c1Cl)OC1O[C@H](C(=O)O)[C@@H](O)[C@H](O)[C@H]1O. The van der Waals surface area contributed by atoms with Crippen molar-refractivity contribution < 1.29 is 49.4 Å². The molecular weight excluding hydrogens is 602 g/mol. The third kappa shape index (κ3) is 8.42. The van der Waals surface area contributed by atoms with Crippen LogP contribution in [0.4, 0.5) is 0 Å². The zero-order chi connectivity index (χ0) is 31.1. The molecule has 2 saturated heterocycles. The number of aliphatic carboxylic acids is 1. The number of carbonyl (C=O) groups excluding carboxylic acids is 2. The third-order valence-corrected chi connectivity index (χ3v) is 9.25. The van der Waals surface area contributed by atoms with Crippen molar-refractivity contribution in [2.75, 3.05) is 6.54 Å². The summed E-state index contributed by atoms with van der Waals surface area (Å²) in [6.45, 7) is 0.380. The number of carboxylic acids is 1. The van der Waals surface area contributed by atoms with E-state index in [2.05, 4.69) is 0 Å². The van der Waals surface area contributed by atoms with Crippen LogP contribution in [0.2, 0.25) is 5.02 Å². The highest BCUT2D eigenvalue weighted by atomic mass is 35.5. The molecule has 13 heteroatoms. The molecule has 0 aliphatic carbocycles. The van der Waals surface area contributed by atoms with E-state index in [1.807, 2.05) is 42.5 Å². The fourth-order valence-electron chi connectivity index (χ4n) is 5.06. The van der Waals surface area contributed by atoms with Gasteiger partial charge >= 0.3 is 11.9 Å². The molecule has 2 fully saturated rings. The number of rotatable bonds is 13. The van der Waals surface area contributed by atoms with Gasteiger partial charge in [-0.25, -0.2) is 4.79 Å². The lowest BCUT2D eigenvalue weighted by Crippen LogP contribution is -2.60. The molecule has 2 aromatic rings. The number of benzene rings is 1. The molecule has 1 aromatic carbocycles. The fraction of sp³-hybridized carbons (Fsp3) is 0.500. The Morgan fingerprint density at radius 2 is 1.93 bits per heavy atom. The molecule has 0 bridgehead atoms. The number of halogens is 1. The molecule has 11 nitrogen and oxygen atoms in total. The molecule has 0 spiro atoms. The Kier molecular flexibility index (Phi) is 11.7. The van der Waals surface area contributed by atoms with Crippen LogP contribution in [0.1, 0.15) is 43.4 Å². The van der Waals surface area contributed by atoms with Gasteiger partial charge in [0.15, 0.2) is 6.10 Å². The largest absolute Gasteiger partial charge is 0.479 e. The average molecular weight is 638 g/mol. The van der Waals surface area contributed by atoms with E-state index in [1.165, 1.54) is 0 Å². The van der Waals surface area contributed by atoms with E-state index in [9.17, 15) is 34.8 Å². The monoisotopic (exact) mass is 637 g/mol. The smallest absolute Gasteiger partial charge is 0.335 e. The Bertz CT molecular complexity index is 1350. The number of carbonyl (C=O) groups is 3. The highest BCUT2D eigenvalue weighted by Gasteiger charge is 2.48. The van der Waals surface area contributed by atoms with Gasteiger partial charge in [0.05, 0.1) is 17.2 Å². The van der Waals surface area contributed by atoms with Crippen molar-refractivity contribution in [3.05, 3.63) is 58.5 Å². The van der Waals surface area contributed by atoms with Gasteiger partial charge in [-0.1, -0.05) is 54.1 Å². The lowest BCUT2D eigenvalue weighted by atomic mass is 9.99. The van der Waals surface area contributed by atoms with E-state index >= 15 is 0 Å². The van der Waals surface area contributed by atoms with Gasteiger partial charge in [0, 0.05) is 34.3 Å². The van der Waals surface area contributed by atoms with Crippen LogP contribution in [-0.2, 0) is 30.3 Å². The number of allylic oxidation sites excluding steroid dienone is 1. The summed E-state index contributed by atoms with van der Waals surface area (Å²) in [5, 5.41) is 50.8. The van der Waals surface area contributed by atoms with E-state index in [0.29, 0.717) is 45.1 Å². The first-order chi connectivity index (χ1) is 20.6. The number of hydrogen-bond acceptors (Lipinski definition) is 10. The van der Waals surface area contributed by atoms with E-state index in [0.717, 1.165) is 20.0 Å². The second-order valence-corrected chi connectivity index (χ2v) is 12.1. The van der Waals surface area contributed by atoms with Crippen molar-refractivity contribution in [1.82, 2.24) is 4.90 Å². The number of unbranched alkanes of at least 4 members (excludes halogenated alkanes) is 1. The Morgan fingerprint density at radius 1 is 1.16 bits per heavy atom. The molecule has 4 rings (SSSR count). The average Bonchev–Trinajstić information content (AvgIpc) is 3.50. The minimum absolute atomic E-state index is 0.0208. The van der Waals surface area contributed by atoms with Crippen LogP contribution < -0.4 is 0 Å². The number of aryl methyl sites for hydroxylation is 1. The fourth-order valence-corrected chi connectivity index (χ4v) is 6.60. The van der Waals surface area contributed by atoms with Crippen LogP contribution in [0, 0.1) is 0 Å². The van der Waals surface area contributed by atoms with Crippen molar-refractivity contribution in [2.24, 2.45) is 0 Å². The van der Waals surface area contributed by atoms with Crippen LogP contribution in [0.15, 0.2) is 48.6 Å². The van der Waals surface area contributed by atoms with Gasteiger partial charge in [-0.15, -0.1) is 11.3 Å². The predicted octanol–water partition coefficient (Wildman–Crippen LogP) is 2.56. The molecular formula is C30H36ClNO10S. The molecule has 2 aliphatic rings. The van der Waals surface area contributed by atoms with Crippen LogP contribution in [0.5, 0.6) is 0 Å². The lowest BCUT2D eigenvalue weighted by Gasteiger charge is -2.37. The molecule has 1 aromatic heterocycles. The third-order valence-electron chi connectivity index (χ3n) is 7.48. The summed E-state index contributed by atoms with van der Waals surface area (Å²) in [5.74, 6) is -2.31. The van der Waals surface area contributed by atoms with Crippen molar-refractivity contribution in [3.63, 3.8) is 0 Å². The van der Waals surface area contributed by atoms with E-state index in [-0.39, 0.29) is 18.4 Å². The number of aliphatic hydroxyl groups excluding tert-OH is 4. The Hall–Kier alpha value is -2.84. The van der Waals surface area contributed by atoms with Gasteiger partial charge in [-0.3, -0.25) is 9.59 Å². The summed E-state index contributed by atoms with van der Waals surface area (Å²) in [7, 11) is 0. The normalized spacial score (nSPS) is 27.0. The van der Waals surface area contributed by atoms with Gasteiger partial charge < -0.3 is 39.9 Å². The van der Waals surface area contributed by atoms with Gasteiger partial charge in [0.25, 0.3) is 0 Å². The minimum atomic E-state index is -1.87. The zero-order valence-corrected chi connectivity index (χ0v) is 24.9. The molecule has 234 valence electrons. The highest BCUT2D eigenvalue weighted by Crippen LogP contribution is 2.36. The first-order valence-electron chi connectivity index (χ1n) is 14.2. The maximum atomic E-state index is 12.4. The first-order valence-corrected chi connectivity index (χ1v) is 15.3. The second kappa shape index (κ2) is 15.2. The van der Waals surface area contributed by atoms with Gasteiger partial charge in [0.2, 0.25) is 12.2 Å². The summed E-state index contributed by atoms with van der Waals surface area (Å²) in [6.07, 6.45) is 0.564. The van der Waals surface area contributed by atoms with Crippen LogP contribution in [-0.4, -0.2) is 97.7 Å². The van der Waals surface area contributed by atoms with Gasteiger partial charge in [0.1, 0.15) is 18.3 Å². The summed E-state index contributed by atoms with van der Waals surface area (Å²) in [4.78, 5) is 38.5. The number of nitrogens with zero attached hydrogens (tertiary/aromatic N) is 1. The summed E-state index contributed by atoms with van der Waals surface area (Å²) in [6, 6.07) is 7.81. The summed E-state index contributed by atoms with van der Waals surface area (Å²) < 4.78 is 11.0. The van der Waals surface area contributed by atoms with E-state index in [1.54, 1.807) is 22.3 Å². The second-order valence-electron chi connectivity index (χ2n) is 10.6. The van der Waals surface area contributed by atoms with Gasteiger partial charge in [-0.2, -0.15) is 0 Å². The lowest BCUT2D eigenvalue weighted by molar-refractivity contribution is -0.286. The number of esters is 1. The maximum absolute atomic E-state index is 12.4. The van der Waals surface area contributed by atoms with Gasteiger partial charge in [-0.05, 0) is 38.2 Å². The van der Waals surface area contributed by atoms with Crippen LogP contribution >= 0.6 is 22.9 Å². The van der Waals surface area contributed by atoms with E-state index in [4.69, 9.17) is 26.2 Å². The standard InChI is InChI=1S/C30H36ClNO10S/c31-24-19-7-4-5-8-20(19)43-21(24)14-13-18(33)12-10-17-11-15-22(34)32(17)16-6-2-1-3-9-23(35)41-30-27(38)25(36)26(37)28(42-30)29(39)40/h2,4-8,10,12,17-18,25-28,30,33,36-38H,1,3,9,11,13-16H2,(H,39,40)/b6-2-,12-10+/t17-,18?,25-,26-,27+,28-,30?/m0/s1. The number of fused-ring (bicyclic) bond motifs is 1. The molecule has 3 heterocycles.